The molecule has 0 aliphatic heterocycles. The van der Waals surface area contributed by atoms with Crippen LogP contribution < -0.4 is 14.8 Å². The van der Waals surface area contributed by atoms with E-state index in [-0.39, 0.29) is 11.6 Å². The van der Waals surface area contributed by atoms with Crippen LogP contribution in [-0.2, 0) is 9.53 Å². The van der Waals surface area contributed by atoms with E-state index in [9.17, 15) is 9.59 Å². The average Bonchev–Trinajstić information content (AvgIpc) is 2.65. The molecule has 2 aromatic rings. The van der Waals surface area contributed by atoms with Gasteiger partial charge in [-0.25, -0.2) is 4.79 Å². The Morgan fingerprint density at radius 2 is 1.88 bits per heavy atom. The number of hydrogen-bond acceptors (Lipinski definition) is 5. The number of carbonyl (C=O) groups is 2. The summed E-state index contributed by atoms with van der Waals surface area (Å²) in [5, 5.41) is 3.34. The second-order valence-corrected chi connectivity index (χ2v) is 5.92. The zero-order valence-electron chi connectivity index (χ0n) is 14.7. The van der Waals surface area contributed by atoms with Gasteiger partial charge in [-0.2, -0.15) is 0 Å². The first-order valence-corrected chi connectivity index (χ1v) is 8.26. The molecule has 1 N–H and O–H groups in total. The number of carbonyl (C=O) groups excluding carboxylic acids is 2. The maximum Gasteiger partial charge on any atom is 0.342 e. The fourth-order valence-corrected chi connectivity index (χ4v) is 2.52. The summed E-state index contributed by atoms with van der Waals surface area (Å²) in [6, 6.07) is 11.6. The summed E-state index contributed by atoms with van der Waals surface area (Å²) in [4.78, 5) is 24.2. The Bertz CT molecular complexity index is 793. The number of hydrogen-bond donors (Lipinski definition) is 1. The summed E-state index contributed by atoms with van der Waals surface area (Å²) in [6.07, 6.45) is 0. The van der Waals surface area contributed by atoms with E-state index in [1.165, 1.54) is 20.3 Å². The average molecular weight is 378 g/mol. The summed E-state index contributed by atoms with van der Waals surface area (Å²) in [6.45, 7) is 1.41. The molecule has 1 amide bonds. The van der Waals surface area contributed by atoms with Crippen molar-refractivity contribution in [3.05, 3.63) is 58.6 Å². The summed E-state index contributed by atoms with van der Waals surface area (Å²) < 4.78 is 15.3. The Balaban J connectivity index is 1.93. The minimum Gasteiger partial charge on any atom is -0.497 e. The Labute approximate surface area is 157 Å². The van der Waals surface area contributed by atoms with Gasteiger partial charge in [0, 0.05) is 11.1 Å². The molecule has 0 saturated carbocycles. The molecule has 0 heterocycles. The largest absolute Gasteiger partial charge is 0.497 e. The molecule has 1 atom stereocenters. The highest BCUT2D eigenvalue weighted by Crippen LogP contribution is 2.25. The van der Waals surface area contributed by atoms with Gasteiger partial charge in [-0.3, -0.25) is 4.79 Å². The van der Waals surface area contributed by atoms with Gasteiger partial charge in [-0.15, -0.1) is 0 Å². The van der Waals surface area contributed by atoms with Gasteiger partial charge in [0.2, 0.25) is 0 Å². The summed E-state index contributed by atoms with van der Waals surface area (Å²) >= 11 is 5.94. The lowest BCUT2D eigenvalue weighted by molar-refractivity contribution is -0.124. The Morgan fingerprint density at radius 1 is 1.12 bits per heavy atom. The predicted octanol–water partition coefficient (Wildman–Crippen LogP) is 3.39. The highest BCUT2D eigenvalue weighted by atomic mass is 35.5. The summed E-state index contributed by atoms with van der Waals surface area (Å²) in [7, 11) is 2.95. The molecule has 0 aromatic heterocycles. The fraction of sp³-hybridized carbons (Fsp3) is 0.263. The third-order valence-corrected chi connectivity index (χ3v) is 3.92. The molecule has 138 valence electrons. The van der Waals surface area contributed by atoms with Crippen molar-refractivity contribution in [2.45, 2.75) is 13.0 Å². The normalized spacial score (nSPS) is 11.4. The first-order chi connectivity index (χ1) is 12.4. The first-order valence-electron chi connectivity index (χ1n) is 7.88. The summed E-state index contributed by atoms with van der Waals surface area (Å²) in [5.74, 6) is -0.220. The number of methoxy groups -OCH3 is 2. The first kappa shape index (κ1) is 19.6. The van der Waals surface area contributed by atoms with Crippen LogP contribution in [0.15, 0.2) is 42.5 Å². The highest BCUT2D eigenvalue weighted by molar-refractivity contribution is 6.30. The predicted molar refractivity (Wildman–Crippen MR) is 97.8 cm³/mol. The molecule has 26 heavy (non-hydrogen) atoms. The van der Waals surface area contributed by atoms with E-state index in [0.717, 1.165) is 5.56 Å². The molecule has 0 saturated heterocycles. The minimum atomic E-state index is -0.657. The molecular weight excluding hydrogens is 358 g/mol. The summed E-state index contributed by atoms with van der Waals surface area (Å²) in [5.41, 5.74) is 1.07. The van der Waals surface area contributed by atoms with Crippen LogP contribution in [0.4, 0.5) is 0 Å². The molecule has 0 fully saturated rings. The lowest BCUT2D eigenvalue weighted by atomic mass is 10.1. The number of rotatable bonds is 7. The van der Waals surface area contributed by atoms with Gasteiger partial charge in [0.05, 0.1) is 20.3 Å². The molecule has 0 aliphatic rings. The molecule has 2 aromatic carbocycles. The molecular formula is C19H20ClNO5. The molecule has 6 nitrogen and oxygen atoms in total. The van der Waals surface area contributed by atoms with Gasteiger partial charge in [-0.05, 0) is 36.8 Å². The van der Waals surface area contributed by atoms with E-state index >= 15 is 0 Å². The van der Waals surface area contributed by atoms with Crippen LogP contribution in [0, 0.1) is 0 Å². The number of benzene rings is 2. The Kier molecular flexibility index (Phi) is 6.86. The fourth-order valence-electron chi connectivity index (χ4n) is 2.32. The Hall–Kier alpha value is -2.73. The number of ether oxygens (including phenoxy) is 3. The van der Waals surface area contributed by atoms with Gasteiger partial charge in [0.25, 0.3) is 5.91 Å². The maximum absolute atomic E-state index is 12.2. The van der Waals surface area contributed by atoms with E-state index in [1.54, 1.807) is 30.3 Å². The van der Waals surface area contributed by atoms with Crippen molar-refractivity contribution in [2.75, 3.05) is 20.8 Å². The lowest BCUT2D eigenvalue weighted by Crippen LogP contribution is -2.31. The van der Waals surface area contributed by atoms with E-state index in [4.69, 9.17) is 25.8 Å². The minimum absolute atomic E-state index is 0.212. The van der Waals surface area contributed by atoms with Crippen LogP contribution in [-0.4, -0.2) is 32.7 Å². The molecule has 2 rings (SSSR count). The van der Waals surface area contributed by atoms with Crippen molar-refractivity contribution >= 4 is 23.5 Å². The molecule has 0 bridgehead atoms. The van der Waals surface area contributed by atoms with E-state index in [2.05, 4.69) is 5.32 Å². The second kappa shape index (κ2) is 9.10. The van der Waals surface area contributed by atoms with Crippen molar-refractivity contribution in [1.82, 2.24) is 5.32 Å². The molecule has 0 aliphatic carbocycles. The second-order valence-electron chi connectivity index (χ2n) is 5.49. The van der Waals surface area contributed by atoms with Crippen LogP contribution in [0.3, 0.4) is 0 Å². The smallest absolute Gasteiger partial charge is 0.342 e. The van der Waals surface area contributed by atoms with E-state index < -0.39 is 18.5 Å². The van der Waals surface area contributed by atoms with Crippen molar-refractivity contribution in [1.29, 1.82) is 0 Å². The van der Waals surface area contributed by atoms with Crippen LogP contribution in [0.1, 0.15) is 28.9 Å². The SMILES string of the molecule is COc1ccc(C(=O)OCC(=O)N[C@H](C)c2cccc(Cl)c2)c(OC)c1. The molecule has 0 radical (unpaired) electrons. The van der Waals surface area contributed by atoms with Gasteiger partial charge >= 0.3 is 5.97 Å². The van der Waals surface area contributed by atoms with Crippen molar-refractivity contribution in [3.63, 3.8) is 0 Å². The molecule has 0 spiro atoms. The van der Waals surface area contributed by atoms with Crippen LogP contribution in [0.5, 0.6) is 11.5 Å². The molecule has 7 heteroatoms. The Morgan fingerprint density at radius 3 is 2.54 bits per heavy atom. The lowest BCUT2D eigenvalue weighted by Gasteiger charge is -2.15. The third-order valence-electron chi connectivity index (χ3n) is 3.69. The third kappa shape index (κ3) is 5.13. The van der Waals surface area contributed by atoms with Crippen molar-refractivity contribution in [2.24, 2.45) is 0 Å². The zero-order chi connectivity index (χ0) is 19.1. The van der Waals surface area contributed by atoms with E-state index in [0.29, 0.717) is 16.5 Å². The number of halogens is 1. The van der Waals surface area contributed by atoms with Crippen molar-refractivity contribution < 1.29 is 23.8 Å². The van der Waals surface area contributed by atoms with E-state index in [1.807, 2.05) is 13.0 Å². The standard InChI is InChI=1S/C19H20ClNO5/c1-12(13-5-4-6-14(20)9-13)21-18(22)11-26-19(23)16-8-7-15(24-2)10-17(16)25-3/h4-10,12H,11H2,1-3H3,(H,21,22)/t12-/m1/s1. The number of esters is 1. The molecule has 0 unspecified atom stereocenters. The van der Waals surface area contributed by atoms with Crippen LogP contribution in [0.25, 0.3) is 0 Å². The van der Waals surface area contributed by atoms with Crippen molar-refractivity contribution in [3.8, 4) is 11.5 Å². The van der Waals surface area contributed by atoms with Gasteiger partial charge in [-0.1, -0.05) is 23.7 Å². The van der Waals surface area contributed by atoms with Crippen LogP contribution >= 0.6 is 11.6 Å². The van der Waals surface area contributed by atoms with Gasteiger partial charge in [0.1, 0.15) is 17.1 Å². The number of amides is 1. The van der Waals surface area contributed by atoms with Crippen LogP contribution in [0.2, 0.25) is 5.02 Å². The highest BCUT2D eigenvalue weighted by Gasteiger charge is 2.17. The van der Waals surface area contributed by atoms with Gasteiger partial charge < -0.3 is 19.5 Å². The van der Waals surface area contributed by atoms with Gasteiger partial charge in [0.15, 0.2) is 6.61 Å². The number of nitrogens with one attached hydrogen (secondary N) is 1. The monoisotopic (exact) mass is 377 g/mol. The topological polar surface area (TPSA) is 73.9 Å². The quantitative estimate of drug-likeness (QED) is 0.748. The maximum atomic E-state index is 12.2. The zero-order valence-corrected chi connectivity index (χ0v) is 15.5.